The summed E-state index contributed by atoms with van der Waals surface area (Å²) in [5.41, 5.74) is 3.23. The Hall–Kier alpha value is -0.500. The molecule has 28 heavy (non-hydrogen) atoms. The number of halogens is 1. The van der Waals surface area contributed by atoms with Crippen LogP contribution in [0.1, 0.15) is 88.2 Å². The molecule has 1 aromatic carbocycles. The number of aromatic hydroxyl groups is 1. The topological polar surface area (TPSA) is 20.2 Å². The molecule has 1 nitrogen and oxygen atoms in total. The highest BCUT2D eigenvalue weighted by Gasteiger charge is 2.55. The Morgan fingerprint density at radius 1 is 0.607 bits per heavy atom. The van der Waals surface area contributed by atoms with Gasteiger partial charge in [0.1, 0.15) is 5.75 Å². The Bertz CT molecular complexity index is 703. The van der Waals surface area contributed by atoms with Crippen molar-refractivity contribution in [1.29, 1.82) is 0 Å². The van der Waals surface area contributed by atoms with Gasteiger partial charge in [-0.15, -0.1) is 0 Å². The normalized spacial score (nSPS) is 50.5. The van der Waals surface area contributed by atoms with Crippen molar-refractivity contribution in [2.24, 2.45) is 35.5 Å². The molecule has 0 spiro atoms. The van der Waals surface area contributed by atoms with Crippen molar-refractivity contribution in [3.63, 3.8) is 0 Å². The number of rotatable bonds is 2. The van der Waals surface area contributed by atoms with Gasteiger partial charge in [-0.05, 0) is 136 Å². The molecule has 0 aromatic heterocycles. The number of benzene rings is 1. The maximum Gasteiger partial charge on any atom is 0.123 e. The van der Waals surface area contributed by atoms with E-state index in [0.29, 0.717) is 0 Å². The molecule has 2 heteroatoms. The monoisotopic (exact) mass is 440 g/mol. The van der Waals surface area contributed by atoms with E-state index in [2.05, 4.69) is 28.1 Å². The smallest absolute Gasteiger partial charge is 0.123 e. The zero-order chi connectivity index (χ0) is 18.7. The van der Waals surface area contributed by atoms with Crippen molar-refractivity contribution >= 4 is 15.9 Å². The number of phenolic OH excluding ortho intramolecular Hbond substituents is 1. The van der Waals surface area contributed by atoms with E-state index in [0.717, 1.165) is 41.3 Å². The first-order chi connectivity index (χ1) is 13.5. The van der Waals surface area contributed by atoms with Crippen molar-refractivity contribution in [1.82, 2.24) is 0 Å². The van der Waals surface area contributed by atoms with Crippen LogP contribution in [0.2, 0.25) is 0 Å². The molecule has 0 radical (unpaired) electrons. The van der Waals surface area contributed by atoms with Crippen LogP contribution in [0.15, 0.2) is 16.6 Å². The molecule has 0 heterocycles. The van der Waals surface area contributed by atoms with Gasteiger partial charge >= 0.3 is 0 Å². The highest BCUT2D eigenvalue weighted by molar-refractivity contribution is 9.10. The second kappa shape index (κ2) is 5.59. The summed E-state index contributed by atoms with van der Waals surface area (Å²) in [6.07, 6.45) is 16.8. The third kappa shape index (κ3) is 2.30. The fraction of sp³-hybridized carbons (Fsp3) is 0.769. The molecule has 0 amide bonds. The molecule has 9 rings (SSSR count). The molecule has 1 aromatic rings. The van der Waals surface area contributed by atoms with E-state index in [9.17, 15) is 5.11 Å². The highest BCUT2D eigenvalue weighted by Crippen LogP contribution is 2.65. The van der Waals surface area contributed by atoms with E-state index in [1.807, 2.05) is 0 Å². The van der Waals surface area contributed by atoms with Crippen LogP contribution in [-0.2, 0) is 10.8 Å². The Morgan fingerprint density at radius 3 is 1.18 bits per heavy atom. The van der Waals surface area contributed by atoms with Crippen molar-refractivity contribution < 1.29 is 5.11 Å². The van der Waals surface area contributed by atoms with Crippen molar-refractivity contribution in [2.45, 2.75) is 87.9 Å². The van der Waals surface area contributed by atoms with Crippen molar-refractivity contribution in [2.75, 3.05) is 0 Å². The van der Waals surface area contributed by atoms with Gasteiger partial charge in [0.15, 0.2) is 0 Å². The quantitative estimate of drug-likeness (QED) is 0.519. The summed E-state index contributed by atoms with van der Waals surface area (Å²) < 4.78 is 1.22. The first kappa shape index (κ1) is 17.2. The summed E-state index contributed by atoms with van der Waals surface area (Å²) in [5, 5.41) is 11.8. The second-order valence-electron chi connectivity index (χ2n) is 12.2. The standard InChI is InChI=1S/C26H33BrO/c27-21-7-22(25-9-15-1-16(10-25)3-17(2-15)11-25)24(28)23(8-21)26-12-18-4-19(13-26)6-20(5-18)14-26/h7-8,15-20,28H,1-6,9-14H2. The van der Waals surface area contributed by atoms with Gasteiger partial charge in [-0.2, -0.15) is 0 Å². The summed E-state index contributed by atoms with van der Waals surface area (Å²) >= 11 is 3.89. The Morgan fingerprint density at radius 2 is 0.893 bits per heavy atom. The van der Waals surface area contributed by atoms with Crippen molar-refractivity contribution in [3.05, 3.63) is 27.7 Å². The zero-order valence-corrected chi connectivity index (χ0v) is 18.5. The first-order valence-corrected chi connectivity index (χ1v) is 12.8. The molecular weight excluding hydrogens is 408 g/mol. The fourth-order valence-corrected chi connectivity index (χ4v) is 10.7. The predicted molar refractivity (Wildman–Crippen MR) is 116 cm³/mol. The highest BCUT2D eigenvalue weighted by atomic mass is 79.9. The Kier molecular flexibility index (Phi) is 3.44. The van der Waals surface area contributed by atoms with E-state index in [1.54, 1.807) is 0 Å². The van der Waals surface area contributed by atoms with Gasteiger partial charge in [0.05, 0.1) is 0 Å². The third-order valence-electron chi connectivity index (χ3n) is 10.3. The van der Waals surface area contributed by atoms with Gasteiger partial charge in [-0.1, -0.05) is 15.9 Å². The van der Waals surface area contributed by atoms with Gasteiger partial charge in [0.2, 0.25) is 0 Å². The first-order valence-electron chi connectivity index (χ1n) is 12.0. The summed E-state index contributed by atoms with van der Waals surface area (Å²) in [4.78, 5) is 0. The summed E-state index contributed by atoms with van der Waals surface area (Å²) in [7, 11) is 0. The number of phenols is 1. The summed E-state index contributed by atoms with van der Waals surface area (Å²) in [6, 6.07) is 4.65. The fourth-order valence-electron chi connectivity index (χ4n) is 10.3. The minimum absolute atomic E-state index is 0.277. The van der Waals surface area contributed by atoms with Crippen LogP contribution in [0.3, 0.4) is 0 Å². The maximum atomic E-state index is 11.8. The number of hydrogen-bond acceptors (Lipinski definition) is 1. The van der Waals surface area contributed by atoms with Crippen LogP contribution in [0, 0.1) is 35.5 Å². The molecule has 0 unspecified atom stereocenters. The third-order valence-corrected chi connectivity index (χ3v) is 10.8. The second-order valence-corrected chi connectivity index (χ2v) is 13.2. The Balaban J connectivity index is 1.36. The molecule has 8 aliphatic carbocycles. The minimum atomic E-state index is 0.277. The van der Waals surface area contributed by atoms with Gasteiger partial charge in [0.25, 0.3) is 0 Å². The van der Waals surface area contributed by atoms with E-state index >= 15 is 0 Å². The largest absolute Gasteiger partial charge is 0.507 e. The molecule has 150 valence electrons. The van der Waals surface area contributed by atoms with Gasteiger partial charge in [-0.25, -0.2) is 0 Å². The molecule has 8 saturated carbocycles. The van der Waals surface area contributed by atoms with Crippen LogP contribution in [0.25, 0.3) is 0 Å². The van der Waals surface area contributed by atoms with E-state index < -0.39 is 0 Å². The molecule has 0 atom stereocenters. The van der Waals surface area contributed by atoms with Crippen LogP contribution in [0.4, 0.5) is 0 Å². The summed E-state index contributed by atoms with van der Waals surface area (Å²) in [5.74, 6) is 6.27. The van der Waals surface area contributed by atoms with Crippen LogP contribution < -0.4 is 0 Å². The van der Waals surface area contributed by atoms with E-state index in [-0.39, 0.29) is 10.8 Å². The lowest BCUT2D eigenvalue weighted by atomic mass is 9.46. The lowest BCUT2D eigenvalue weighted by Gasteiger charge is -2.58. The molecule has 0 saturated heterocycles. The lowest BCUT2D eigenvalue weighted by molar-refractivity contribution is -0.0103. The SMILES string of the molecule is Oc1c(C23CC4CC(CC(C4)C2)C3)cc(Br)cc1C12CC3CC(CC(C3)C1)C2. The average Bonchev–Trinajstić information content (AvgIpc) is 2.61. The van der Waals surface area contributed by atoms with Crippen LogP contribution in [-0.4, -0.2) is 5.11 Å². The molecule has 1 N–H and O–H groups in total. The number of hydrogen-bond donors (Lipinski definition) is 1. The molecule has 8 bridgehead atoms. The molecule has 8 aliphatic rings. The van der Waals surface area contributed by atoms with Gasteiger partial charge in [0, 0.05) is 15.6 Å². The zero-order valence-electron chi connectivity index (χ0n) is 16.9. The van der Waals surface area contributed by atoms with Gasteiger partial charge in [-0.3, -0.25) is 0 Å². The van der Waals surface area contributed by atoms with Crippen LogP contribution in [0.5, 0.6) is 5.75 Å². The molecular formula is C26H33BrO. The van der Waals surface area contributed by atoms with E-state index in [4.69, 9.17) is 0 Å². The molecule has 8 fully saturated rings. The minimum Gasteiger partial charge on any atom is -0.507 e. The van der Waals surface area contributed by atoms with Crippen molar-refractivity contribution in [3.8, 4) is 5.75 Å². The van der Waals surface area contributed by atoms with Crippen LogP contribution >= 0.6 is 15.9 Å². The lowest BCUT2D eigenvalue weighted by Crippen LogP contribution is -2.50. The predicted octanol–water partition coefficient (Wildman–Crippen LogP) is 7.09. The average molecular weight is 441 g/mol. The maximum absolute atomic E-state index is 11.8. The van der Waals surface area contributed by atoms with Gasteiger partial charge < -0.3 is 5.11 Å². The van der Waals surface area contributed by atoms with E-state index in [1.165, 1.54) is 92.6 Å². The molecule has 0 aliphatic heterocycles. The Labute approximate surface area is 177 Å². The summed E-state index contributed by atoms with van der Waals surface area (Å²) in [6.45, 7) is 0.